The van der Waals surface area contributed by atoms with Crippen LogP contribution in [0.4, 0.5) is 26.3 Å². The van der Waals surface area contributed by atoms with Crippen molar-refractivity contribution in [2.24, 2.45) is 11.3 Å². The maximum atomic E-state index is 10.6. The third-order valence-electron chi connectivity index (χ3n) is 6.59. The molecule has 37 heavy (non-hydrogen) atoms. The van der Waals surface area contributed by atoms with Crippen molar-refractivity contribution in [3.05, 3.63) is 34.9 Å². The highest BCUT2D eigenvalue weighted by Crippen LogP contribution is 2.44. The van der Waals surface area contributed by atoms with E-state index in [4.69, 9.17) is 24.5 Å². The molecule has 212 valence electrons. The first kappa shape index (κ1) is 32.6. The van der Waals surface area contributed by atoms with Gasteiger partial charge in [-0.3, -0.25) is 4.90 Å². The number of aryl methyl sites for hydroxylation is 2. The molecule has 0 bridgehead atoms. The molecule has 13 heteroatoms. The van der Waals surface area contributed by atoms with Crippen LogP contribution in [0.2, 0.25) is 0 Å². The number of benzene rings is 1. The number of rotatable bonds is 4. The summed E-state index contributed by atoms with van der Waals surface area (Å²) in [6, 6.07) is 6.83. The fourth-order valence-electron chi connectivity index (χ4n) is 4.67. The second kappa shape index (κ2) is 13.4. The van der Waals surface area contributed by atoms with Gasteiger partial charge in [0.2, 0.25) is 0 Å². The van der Waals surface area contributed by atoms with E-state index >= 15 is 0 Å². The predicted octanol–water partition coefficient (Wildman–Crippen LogP) is 4.36. The van der Waals surface area contributed by atoms with Crippen LogP contribution >= 0.6 is 0 Å². The number of ether oxygens (including phenoxy) is 1. The van der Waals surface area contributed by atoms with Gasteiger partial charge in [-0.2, -0.15) is 26.3 Å². The molecule has 1 unspecified atom stereocenters. The number of aliphatic carboxylic acids is 2. The zero-order valence-electron chi connectivity index (χ0n) is 21.2. The lowest BCUT2D eigenvalue weighted by atomic mass is 9.71. The standard InChI is InChI=1S/C20H32N2O.2C2HF3O2/c1-16-5-6-17(2)18(11-16)12-22-9-7-20(8-10-22)15-21(3)13-19(20)14-23-4;2*3-2(4,5)1(6)7/h5-6,11,19H,7-10,12-15H2,1-4H3;2*(H,6,7). The zero-order chi connectivity index (χ0) is 28.6. The Morgan fingerprint density at radius 3 is 1.95 bits per heavy atom. The lowest BCUT2D eigenvalue weighted by molar-refractivity contribution is -0.193. The van der Waals surface area contributed by atoms with Crippen LogP contribution < -0.4 is 0 Å². The molecular formula is C24H34F6N2O5. The first-order valence-electron chi connectivity index (χ1n) is 11.5. The molecular weight excluding hydrogens is 510 g/mol. The molecule has 2 fully saturated rings. The predicted molar refractivity (Wildman–Crippen MR) is 123 cm³/mol. The lowest BCUT2D eigenvalue weighted by Crippen LogP contribution is -2.44. The summed E-state index contributed by atoms with van der Waals surface area (Å²) >= 11 is 0. The third kappa shape index (κ3) is 10.5. The molecule has 0 amide bonds. The Morgan fingerprint density at radius 2 is 1.51 bits per heavy atom. The Kier molecular flexibility index (Phi) is 11.8. The largest absolute Gasteiger partial charge is 0.490 e. The van der Waals surface area contributed by atoms with E-state index in [1.54, 1.807) is 0 Å². The monoisotopic (exact) mass is 544 g/mol. The van der Waals surface area contributed by atoms with Gasteiger partial charge in [0.15, 0.2) is 0 Å². The lowest BCUT2D eigenvalue weighted by Gasteiger charge is -2.42. The van der Waals surface area contributed by atoms with E-state index in [2.05, 4.69) is 48.9 Å². The molecule has 2 saturated heterocycles. The summed E-state index contributed by atoms with van der Waals surface area (Å²) in [5.41, 5.74) is 4.78. The van der Waals surface area contributed by atoms with Crippen molar-refractivity contribution in [1.29, 1.82) is 0 Å². The molecule has 2 N–H and O–H groups in total. The molecule has 1 atom stereocenters. The van der Waals surface area contributed by atoms with Crippen LogP contribution in [0.3, 0.4) is 0 Å². The van der Waals surface area contributed by atoms with Crippen molar-refractivity contribution in [1.82, 2.24) is 9.80 Å². The minimum atomic E-state index is -5.08. The summed E-state index contributed by atoms with van der Waals surface area (Å²) in [5.74, 6) is -4.81. The maximum absolute atomic E-state index is 10.6. The Hall–Kier alpha value is -2.38. The minimum absolute atomic E-state index is 0.489. The second-order valence-corrected chi connectivity index (χ2v) is 9.52. The number of hydrogen-bond acceptors (Lipinski definition) is 5. The Morgan fingerprint density at radius 1 is 1.03 bits per heavy atom. The Balaban J connectivity index is 0.000000404. The molecule has 0 aromatic heterocycles. The summed E-state index contributed by atoms with van der Waals surface area (Å²) in [6.07, 6.45) is -7.54. The van der Waals surface area contributed by atoms with Gasteiger partial charge in [-0.05, 0) is 63.4 Å². The average molecular weight is 545 g/mol. The number of carbonyl (C=O) groups is 2. The Labute approximate surface area is 212 Å². The fourth-order valence-corrected chi connectivity index (χ4v) is 4.67. The van der Waals surface area contributed by atoms with E-state index in [-0.39, 0.29) is 0 Å². The molecule has 2 aliphatic heterocycles. The number of carboxylic acids is 2. The van der Waals surface area contributed by atoms with Gasteiger partial charge in [-0.1, -0.05) is 23.8 Å². The molecule has 0 saturated carbocycles. The van der Waals surface area contributed by atoms with Crippen LogP contribution in [0.5, 0.6) is 0 Å². The van der Waals surface area contributed by atoms with Crippen LogP contribution in [-0.4, -0.2) is 91.2 Å². The summed E-state index contributed by atoms with van der Waals surface area (Å²) in [5, 5.41) is 14.2. The smallest absolute Gasteiger partial charge is 0.475 e. The van der Waals surface area contributed by atoms with Gasteiger partial charge >= 0.3 is 24.3 Å². The van der Waals surface area contributed by atoms with E-state index in [0.29, 0.717) is 11.3 Å². The van der Waals surface area contributed by atoms with Crippen molar-refractivity contribution >= 4 is 11.9 Å². The number of carboxylic acid groups (broad SMARTS) is 2. The summed E-state index contributed by atoms with van der Waals surface area (Å²) < 4.78 is 69.0. The van der Waals surface area contributed by atoms with Crippen molar-refractivity contribution in [2.45, 2.75) is 45.6 Å². The van der Waals surface area contributed by atoms with Crippen molar-refractivity contribution in [3.63, 3.8) is 0 Å². The fraction of sp³-hybridized carbons (Fsp3) is 0.667. The summed E-state index contributed by atoms with van der Waals surface area (Å²) in [6.45, 7) is 11.3. The third-order valence-corrected chi connectivity index (χ3v) is 6.59. The van der Waals surface area contributed by atoms with Crippen molar-refractivity contribution < 1.29 is 50.9 Å². The van der Waals surface area contributed by atoms with Gasteiger partial charge in [-0.25, -0.2) is 9.59 Å². The normalized spacial score (nSPS) is 20.0. The topological polar surface area (TPSA) is 90.3 Å². The van der Waals surface area contributed by atoms with Crippen LogP contribution in [0.25, 0.3) is 0 Å². The number of hydrogen-bond donors (Lipinski definition) is 2. The molecule has 2 aliphatic rings. The summed E-state index contributed by atoms with van der Waals surface area (Å²) in [4.78, 5) is 22.9. The minimum Gasteiger partial charge on any atom is -0.475 e. The van der Waals surface area contributed by atoms with Crippen LogP contribution in [-0.2, 0) is 20.9 Å². The van der Waals surface area contributed by atoms with E-state index in [9.17, 15) is 26.3 Å². The van der Waals surface area contributed by atoms with Crippen LogP contribution in [0.15, 0.2) is 18.2 Å². The first-order chi connectivity index (χ1) is 16.9. The van der Waals surface area contributed by atoms with Crippen molar-refractivity contribution in [2.75, 3.05) is 46.9 Å². The molecule has 0 aliphatic carbocycles. The summed E-state index contributed by atoms with van der Waals surface area (Å²) in [7, 11) is 4.11. The Bertz CT molecular complexity index is 875. The quantitative estimate of drug-likeness (QED) is 0.545. The highest BCUT2D eigenvalue weighted by atomic mass is 19.4. The average Bonchev–Trinajstić information content (AvgIpc) is 3.06. The molecule has 0 radical (unpaired) electrons. The van der Waals surface area contributed by atoms with Gasteiger partial charge in [0.25, 0.3) is 0 Å². The zero-order valence-corrected chi connectivity index (χ0v) is 21.2. The van der Waals surface area contributed by atoms with Gasteiger partial charge < -0.3 is 19.8 Å². The van der Waals surface area contributed by atoms with Gasteiger partial charge in [0.05, 0.1) is 6.61 Å². The van der Waals surface area contributed by atoms with Crippen molar-refractivity contribution in [3.8, 4) is 0 Å². The molecule has 7 nitrogen and oxygen atoms in total. The maximum Gasteiger partial charge on any atom is 0.490 e. The number of methoxy groups -OCH3 is 1. The number of alkyl halides is 6. The molecule has 1 aromatic carbocycles. The van der Waals surface area contributed by atoms with Gasteiger partial charge in [0, 0.05) is 32.7 Å². The highest BCUT2D eigenvalue weighted by molar-refractivity contribution is 5.73. The number of halogens is 6. The van der Waals surface area contributed by atoms with E-state index < -0.39 is 24.3 Å². The van der Waals surface area contributed by atoms with Gasteiger partial charge in [-0.15, -0.1) is 0 Å². The van der Waals surface area contributed by atoms with Gasteiger partial charge in [0.1, 0.15) is 0 Å². The SMILES string of the molecule is COCC1CN(C)CC12CCN(Cc1cc(C)ccc1C)CC2.O=C(O)C(F)(F)F.O=C(O)C(F)(F)F. The second-order valence-electron chi connectivity index (χ2n) is 9.52. The molecule has 3 rings (SSSR count). The molecule has 1 spiro atoms. The van der Waals surface area contributed by atoms with Crippen LogP contribution in [0.1, 0.15) is 29.5 Å². The number of nitrogens with zero attached hydrogens (tertiary/aromatic N) is 2. The molecule has 2 heterocycles. The first-order valence-corrected chi connectivity index (χ1v) is 11.5. The van der Waals surface area contributed by atoms with E-state index in [1.807, 2.05) is 7.11 Å². The van der Waals surface area contributed by atoms with Crippen LogP contribution in [0, 0.1) is 25.2 Å². The molecule has 1 aromatic rings. The number of piperidine rings is 1. The highest BCUT2D eigenvalue weighted by Gasteiger charge is 2.46. The number of likely N-dealkylation sites (tertiary alicyclic amines) is 2. The van der Waals surface area contributed by atoms with E-state index in [0.717, 1.165) is 13.2 Å². The van der Waals surface area contributed by atoms with E-state index in [1.165, 1.54) is 55.7 Å².